The van der Waals surface area contributed by atoms with E-state index in [1.807, 2.05) is 24.0 Å². The van der Waals surface area contributed by atoms with Crippen LogP contribution in [0.3, 0.4) is 0 Å². The second-order valence-electron chi connectivity index (χ2n) is 6.53. The summed E-state index contributed by atoms with van der Waals surface area (Å²) in [7, 11) is 0. The molecule has 0 bridgehead atoms. The zero-order chi connectivity index (χ0) is 19.1. The third kappa shape index (κ3) is 4.81. The van der Waals surface area contributed by atoms with Crippen LogP contribution in [0, 0.1) is 13.8 Å². The standard InChI is InChI=1S/C21H30N4O/c1-6-12-24(13-7-2)21(26)19-15-20(23-17(5)22-19)25(8-3)18-11-9-10-16(4)14-18/h9-11,14-15H,6-8,12-13H2,1-5H3. The van der Waals surface area contributed by atoms with E-state index in [4.69, 9.17) is 0 Å². The number of carbonyl (C=O) groups is 1. The quantitative estimate of drug-likeness (QED) is 0.700. The Bertz CT molecular complexity index is 739. The van der Waals surface area contributed by atoms with Crippen LogP contribution < -0.4 is 4.90 Å². The van der Waals surface area contributed by atoms with Gasteiger partial charge in [0.05, 0.1) is 0 Å². The van der Waals surface area contributed by atoms with Crippen LogP contribution in [0.25, 0.3) is 0 Å². The Morgan fingerprint density at radius 2 is 1.69 bits per heavy atom. The van der Waals surface area contributed by atoms with Gasteiger partial charge in [-0.3, -0.25) is 4.79 Å². The molecule has 0 spiro atoms. The minimum Gasteiger partial charge on any atom is -0.337 e. The van der Waals surface area contributed by atoms with Crippen LogP contribution in [-0.2, 0) is 0 Å². The molecule has 0 N–H and O–H groups in total. The first kappa shape index (κ1) is 19.9. The molecule has 0 fully saturated rings. The van der Waals surface area contributed by atoms with Gasteiger partial charge in [0.15, 0.2) is 0 Å². The molecule has 0 aliphatic carbocycles. The third-order valence-electron chi connectivity index (χ3n) is 4.22. The molecule has 5 heteroatoms. The topological polar surface area (TPSA) is 49.3 Å². The molecule has 1 amide bonds. The van der Waals surface area contributed by atoms with E-state index in [0.29, 0.717) is 11.5 Å². The molecule has 140 valence electrons. The molecule has 2 aromatic rings. The smallest absolute Gasteiger partial charge is 0.272 e. The van der Waals surface area contributed by atoms with Gasteiger partial charge in [0.25, 0.3) is 5.91 Å². The number of hydrogen-bond acceptors (Lipinski definition) is 4. The molecule has 26 heavy (non-hydrogen) atoms. The second kappa shape index (κ2) is 9.32. The van der Waals surface area contributed by atoms with Crippen molar-refractivity contribution in [2.45, 2.75) is 47.5 Å². The summed E-state index contributed by atoms with van der Waals surface area (Å²) < 4.78 is 0. The largest absolute Gasteiger partial charge is 0.337 e. The molecule has 0 atom stereocenters. The monoisotopic (exact) mass is 354 g/mol. The van der Waals surface area contributed by atoms with E-state index in [2.05, 4.69) is 60.8 Å². The average molecular weight is 354 g/mol. The lowest BCUT2D eigenvalue weighted by Gasteiger charge is -2.25. The minimum atomic E-state index is -0.0132. The summed E-state index contributed by atoms with van der Waals surface area (Å²) in [6.07, 6.45) is 1.88. The minimum absolute atomic E-state index is 0.0132. The van der Waals surface area contributed by atoms with E-state index in [1.165, 1.54) is 5.56 Å². The first-order chi connectivity index (χ1) is 12.5. The predicted molar refractivity (Wildman–Crippen MR) is 107 cm³/mol. The van der Waals surface area contributed by atoms with Gasteiger partial charge in [-0.1, -0.05) is 26.0 Å². The Kier molecular flexibility index (Phi) is 7.13. The normalized spacial score (nSPS) is 10.7. The zero-order valence-corrected chi connectivity index (χ0v) is 16.6. The fourth-order valence-electron chi connectivity index (χ4n) is 3.09. The Morgan fingerprint density at radius 3 is 2.27 bits per heavy atom. The van der Waals surface area contributed by atoms with Crippen molar-refractivity contribution >= 4 is 17.4 Å². The number of aryl methyl sites for hydroxylation is 2. The highest BCUT2D eigenvalue weighted by Crippen LogP contribution is 2.25. The SMILES string of the molecule is CCCN(CCC)C(=O)c1cc(N(CC)c2cccc(C)c2)nc(C)n1. The van der Waals surface area contributed by atoms with Crippen molar-refractivity contribution in [1.29, 1.82) is 0 Å². The first-order valence-electron chi connectivity index (χ1n) is 9.49. The molecule has 2 rings (SSSR count). The molecule has 0 aliphatic heterocycles. The predicted octanol–water partition coefficient (Wildman–Crippen LogP) is 4.51. The van der Waals surface area contributed by atoms with Gasteiger partial charge in [-0.05, 0) is 51.3 Å². The molecular weight excluding hydrogens is 324 g/mol. The van der Waals surface area contributed by atoms with Crippen molar-refractivity contribution in [3.8, 4) is 0 Å². The van der Waals surface area contributed by atoms with Crippen molar-refractivity contribution < 1.29 is 4.79 Å². The fourth-order valence-corrected chi connectivity index (χ4v) is 3.09. The molecule has 0 saturated heterocycles. The number of nitrogens with zero attached hydrogens (tertiary/aromatic N) is 4. The van der Waals surface area contributed by atoms with E-state index in [9.17, 15) is 4.79 Å². The first-order valence-corrected chi connectivity index (χ1v) is 9.49. The van der Waals surface area contributed by atoms with Gasteiger partial charge in [0.2, 0.25) is 0 Å². The van der Waals surface area contributed by atoms with Gasteiger partial charge in [-0.25, -0.2) is 9.97 Å². The Balaban J connectivity index is 2.40. The highest BCUT2D eigenvalue weighted by atomic mass is 16.2. The summed E-state index contributed by atoms with van der Waals surface area (Å²) in [5.41, 5.74) is 2.74. The summed E-state index contributed by atoms with van der Waals surface area (Å²) >= 11 is 0. The van der Waals surface area contributed by atoms with Gasteiger partial charge < -0.3 is 9.80 Å². The summed E-state index contributed by atoms with van der Waals surface area (Å²) in [4.78, 5) is 26.0. The van der Waals surface area contributed by atoms with Crippen LogP contribution in [0.15, 0.2) is 30.3 Å². The molecule has 1 aromatic heterocycles. The highest BCUT2D eigenvalue weighted by Gasteiger charge is 2.19. The number of anilines is 2. The lowest BCUT2D eigenvalue weighted by molar-refractivity contribution is 0.0749. The molecular formula is C21H30N4O. The maximum Gasteiger partial charge on any atom is 0.272 e. The maximum atomic E-state index is 12.9. The van der Waals surface area contributed by atoms with Crippen LogP contribution in [0.2, 0.25) is 0 Å². The number of carbonyl (C=O) groups excluding carboxylic acids is 1. The number of hydrogen-bond donors (Lipinski definition) is 0. The zero-order valence-electron chi connectivity index (χ0n) is 16.6. The average Bonchev–Trinajstić information content (AvgIpc) is 2.61. The fraction of sp³-hybridized carbons (Fsp3) is 0.476. The van der Waals surface area contributed by atoms with Crippen molar-refractivity contribution in [1.82, 2.24) is 14.9 Å². The Hall–Kier alpha value is -2.43. The van der Waals surface area contributed by atoms with Crippen LogP contribution in [-0.4, -0.2) is 40.4 Å². The summed E-state index contributed by atoms with van der Waals surface area (Å²) in [6, 6.07) is 10.1. The lowest BCUT2D eigenvalue weighted by Crippen LogP contribution is -2.33. The molecule has 0 radical (unpaired) electrons. The van der Waals surface area contributed by atoms with Gasteiger partial charge in [-0.15, -0.1) is 0 Å². The summed E-state index contributed by atoms with van der Waals surface area (Å²) in [6.45, 7) is 12.4. The molecule has 0 aliphatic rings. The van der Waals surface area contributed by atoms with Crippen LogP contribution in [0.4, 0.5) is 11.5 Å². The van der Waals surface area contributed by atoms with Crippen molar-refractivity contribution in [3.05, 3.63) is 47.4 Å². The Morgan fingerprint density at radius 1 is 1.00 bits per heavy atom. The van der Waals surface area contributed by atoms with Crippen LogP contribution in [0.1, 0.15) is 55.5 Å². The third-order valence-corrected chi connectivity index (χ3v) is 4.22. The van der Waals surface area contributed by atoms with Gasteiger partial charge in [0.1, 0.15) is 17.3 Å². The van der Waals surface area contributed by atoms with Gasteiger partial charge in [-0.2, -0.15) is 0 Å². The summed E-state index contributed by atoms with van der Waals surface area (Å²) in [5, 5.41) is 0. The maximum absolute atomic E-state index is 12.9. The lowest BCUT2D eigenvalue weighted by atomic mass is 10.2. The molecule has 5 nitrogen and oxygen atoms in total. The van der Waals surface area contributed by atoms with Crippen LogP contribution in [0.5, 0.6) is 0 Å². The number of aromatic nitrogens is 2. The van der Waals surface area contributed by atoms with E-state index >= 15 is 0 Å². The van der Waals surface area contributed by atoms with Crippen molar-refractivity contribution in [2.75, 3.05) is 24.5 Å². The van der Waals surface area contributed by atoms with Gasteiger partial charge in [0, 0.05) is 31.4 Å². The molecule has 0 saturated carbocycles. The van der Waals surface area contributed by atoms with Crippen molar-refractivity contribution in [2.24, 2.45) is 0 Å². The van der Waals surface area contributed by atoms with E-state index < -0.39 is 0 Å². The second-order valence-corrected chi connectivity index (χ2v) is 6.53. The number of amides is 1. The van der Waals surface area contributed by atoms with E-state index in [1.54, 1.807) is 0 Å². The molecule has 1 heterocycles. The number of rotatable bonds is 8. The van der Waals surface area contributed by atoms with E-state index in [-0.39, 0.29) is 5.91 Å². The van der Waals surface area contributed by atoms with Crippen molar-refractivity contribution in [3.63, 3.8) is 0 Å². The summed E-state index contributed by atoms with van der Waals surface area (Å²) in [5.74, 6) is 1.37. The number of benzene rings is 1. The highest BCUT2D eigenvalue weighted by molar-refractivity contribution is 5.93. The molecule has 0 unspecified atom stereocenters. The Labute approximate surface area is 157 Å². The molecule has 1 aromatic carbocycles. The van der Waals surface area contributed by atoms with E-state index in [0.717, 1.165) is 44.0 Å². The van der Waals surface area contributed by atoms with Crippen LogP contribution >= 0.6 is 0 Å². The van der Waals surface area contributed by atoms with Gasteiger partial charge >= 0.3 is 0 Å².